The number of hydrogen-bond acceptors (Lipinski definition) is 2. The molecule has 0 bridgehead atoms. The van der Waals surface area contributed by atoms with Crippen molar-refractivity contribution in [3.63, 3.8) is 0 Å². The third kappa shape index (κ3) is 11.1. The molecule has 0 aliphatic rings. The van der Waals surface area contributed by atoms with Gasteiger partial charge in [-0.1, -0.05) is 74.6 Å². The van der Waals surface area contributed by atoms with Crippen LogP contribution in [0.2, 0.25) is 0 Å². The molecule has 2 heteroatoms. The summed E-state index contributed by atoms with van der Waals surface area (Å²) in [6.45, 7) is 7.75. The van der Waals surface area contributed by atoms with Crippen LogP contribution in [-0.2, 0) is 9.59 Å². The fraction of sp³-hybridized carbons (Fsp3) is 0.273. The maximum Gasteiger partial charge on any atom is 0.145 e. The summed E-state index contributed by atoms with van der Waals surface area (Å²) in [5.41, 5.74) is 3.79. The summed E-state index contributed by atoms with van der Waals surface area (Å²) in [6.07, 6.45) is 23.1. The third-order valence-corrected chi connectivity index (χ3v) is 3.26. The van der Waals surface area contributed by atoms with E-state index in [1.165, 1.54) is 11.1 Å². The molecular weight excluding hydrogens is 296 g/mol. The zero-order chi connectivity index (χ0) is 18.2. The van der Waals surface area contributed by atoms with Crippen LogP contribution in [0.15, 0.2) is 83.1 Å². The highest BCUT2D eigenvalue weighted by Gasteiger charge is 1.87. The van der Waals surface area contributed by atoms with Crippen LogP contribution in [0.4, 0.5) is 0 Å². The molecule has 24 heavy (non-hydrogen) atoms. The van der Waals surface area contributed by atoms with Gasteiger partial charge >= 0.3 is 0 Å². The fourth-order valence-electron chi connectivity index (χ4n) is 1.67. The Bertz CT molecular complexity index is 552. The standard InChI is InChI=1S/C22H28O2/c1-5-21(15-9-11-19(3)17-23)13-7-8-14-22(6-2)16-10-12-20(4)18-24/h7-18H,5-6H2,1-4H3/b8-7+,15-9+,16-10+,19-11+,20-12+,21-13+,22-14+. The molecule has 0 fully saturated rings. The summed E-state index contributed by atoms with van der Waals surface area (Å²) in [4.78, 5) is 21.0. The van der Waals surface area contributed by atoms with Crippen LogP contribution >= 0.6 is 0 Å². The highest BCUT2D eigenvalue weighted by atomic mass is 16.1. The van der Waals surface area contributed by atoms with Crippen molar-refractivity contribution in [2.75, 3.05) is 0 Å². The van der Waals surface area contributed by atoms with E-state index in [0.717, 1.165) is 25.4 Å². The number of allylic oxidation sites excluding steroid dienone is 14. The first-order chi connectivity index (χ1) is 11.6. The molecule has 0 rings (SSSR count). The Morgan fingerprint density at radius 2 is 1.00 bits per heavy atom. The summed E-state index contributed by atoms with van der Waals surface area (Å²) < 4.78 is 0. The molecule has 0 N–H and O–H groups in total. The summed E-state index contributed by atoms with van der Waals surface area (Å²) >= 11 is 0. The van der Waals surface area contributed by atoms with Crippen molar-refractivity contribution >= 4 is 12.6 Å². The molecule has 0 unspecified atom stereocenters. The third-order valence-electron chi connectivity index (χ3n) is 3.26. The number of hydrogen-bond donors (Lipinski definition) is 0. The molecule has 2 nitrogen and oxygen atoms in total. The Hall–Kier alpha value is -2.48. The average molecular weight is 324 g/mol. The molecule has 0 aromatic rings. The second kappa shape index (κ2) is 14.1. The molecule has 0 heterocycles. The Labute approximate surface area is 146 Å². The zero-order valence-corrected chi connectivity index (χ0v) is 15.2. The minimum atomic E-state index is 0.707. The van der Waals surface area contributed by atoms with Gasteiger partial charge in [0.05, 0.1) is 0 Å². The Balaban J connectivity index is 4.88. The van der Waals surface area contributed by atoms with Crippen molar-refractivity contribution in [3.8, 4) is 0 Å². The van der Waals surface area contributed by atoms with E-state index in [0.29, 0.717) is 11.1 Å². The molecule has 0 aliphatic carbocycles. The summed E-state index contributed by atoms with van der Waals surface area (Å²) in [7, 11) is 0. The van der Waals surface area contributed by atoms with Crippen LogP contribution in [0.25, 0.3) is 0 Å². The predicted octanol–water partition coefficient (Wildman–Crippen LogP) is 5.62. The van der Waals surface area contributed by atoms with Gasteiger partial charge in [0.2, 0.25) is 0 Å². The lowest BCUT2D eigenvalue weighted by Gasteiger charge is -1.95. The van der Waals surface area contributed by atoms with Crippen LogP contribution in [0.5, 0.6) is 0 Å². The van der Waals surface area contributed by atoms with Crippen molar-refractivity contribution in [1.82, 2.24) is 0 Å². The lowest BCUT2D eigenvalue weighted by molar-refractivity contribution is -0.105. The van der Waals surface area contributed by atoms with Crippen LogP contribution in [-0.4, -0.2) is 12.6 Å². The first-order valence-corrected chi connectivity index (χ1v) is 8.24. The second-order valence-electron chi connectivity index (χ2n) is 5.35. The second-order valence-corrected chi connectivity index (χ2v) is 5.35. The number of carbonyl (C=O) groups excluding carboxylic acids is 2. The number of carbonyl (C=O) groups is 2. The van der Waals surface area contributed by atoms with Gasteiger partial charge in [0.15, 0.2) is 0 Å². The van der Waals surface area contributed by atoms with Gasteiger partial charge in [-0.25, -0.2) is 0 Å². The van der Waals surface area contributed by atoms with Crippen molar-refractivity contribution in [1.29, 1.82) is 0 Å². The Kier molecular flexibility index (Phi) is 12.7. The molecule has 0 amide bonds. The largest absolute Gasteiger partial charge is 0.298 e. The molecule has 0 radical (unpaired) electrons. The number of aldehydes is 2. The van der Waals surface area contributed by atoms with Crippen LogP contribution in [0.3, 0.4) is 0 Å². The van der Waals surface area contributed by atoms with Gasteiger partial charge in [-0.15, -0.1) is 0 Å². The molecule has 0 saturated carbocycles. The SMILES string of the molecule is CCC(/C=C/C=C(\C)C=O)=C\C=C\C=C(\C=C\C=C(/C)C=O)CC. The van der Waals surface area contributed by atoms with Gasteiger partial charge < -0.3 is 0 Å². The van der Waals surface area contributed by atoms with E-state index in [4.69, 9.17) is 0 Å². The number of rotatable bonds is 10. The maximum atomic E-state index is 10.5. The minimum Gasteiger partial charge on any atom is -0.298 e. The highest BCUT2D eigenvalue weighted by molar-refractivity contribution is 5.73. The van der Waals surface area contributed by atoms with Crippen LogP contribution in [0, 0.1) is 0 Å². The van der Waals surface area contributed by atoms with E-state index in [2.05, 4.69) is 26.0 Å². The maximum absolute atomic E-state index is 10.5. The molecule has 0 aromatic heterocycles. The Morgan fingerprint density at radius 3 is 1.29 bits per heavy atom. The quantitative estimate of drug-likeness (QED) is 0.297. The van der Waals surface area contributed by atoms with E-state index < -0.39 is 0 Å². The predicted molar refractivity (Wildman–Crippen MR) is 104 cm³/mol. The van der Waals surface area contributed by atoms with Crippen molar-refractivity contribution < 1.29 is 9.59 Å². The van der Waals surface area contributed by atoms with Crippen molar-refractivity contribution in [3.05, 3.63) is 83.1 Å². The van der Waals surface area contributed by atoms with E-state index in [9.17, 15) is 9.59 Å². The molecule has 0 aromatic carbocycles. The van der Waals surface area contributed by atoms with Gasteiger partial charge in [-0.3, -0.25) is 9.59 Å². The van der Waals surface area contributed by atoms with Gasteiger partial charge in [-0.2, -0.15) is 0 Å². The monoisotopic (exact) mass is 324 g/mol. The summed E-state index contributed by atoms with van der Waals surface area (Å²) in [5, 5.41) is 0. The van der Waals surface area contributed by atoms with Gasteiger partial charge in [-0.05, 0) is 49.0 Å². The zero-order valence-electron chi connectivity index (χ0n) is 15.2. The van der Waals surface area contributed by atoms with E-state index in [1.807, 2.05) is 36.5 Å². The van der Waals surface area contributed by atoms with Gasteiger partial charge in [0.1, 0.15) is 12.6 Å². The minimum absolute atomic E-state index is 0.707. The summed E-state index contributed by atoms with van der Waals surface area (Å²) in [5.74, 6) is 0. The smallest absolute Gasteiger partial charge is 0.145 e. The molecule has 128 valence electrons. The van der Waals surface area contributed by atoms with Gasteiger partial charge in [0.25, 0.3) is 0 Å². The molecule has 0 atom stereocenters. The first kappa shape index (κ1) is 21.5. The van der Waals surface area contributed by atoms with E-state index >= 15 is 0 Å². The average Bonchev–Trinajstić information content (AvgIpc) is 2.61. The molecule has 0 saturated heterocycles. The van der Waals surface area contributed by atoms with Gasteiger partial charge in [0, 0.05) is 0 Å². The van der Waals surface area contributed by atoms with Crippen molar-refractivity contribution in [2.45, 2.75) is 40.5 Å². The Morgan fingerprint density at radius 1 is 0.625 bits per heavy atom. The van der Waals surface area contributed by atoms with Crippen LogP contribution < -0.4 is 0 Å². The normalized spacial score (nSPS) is 15.0. The van der Waals surface area contributed by atoms with E-state index in [-0.39, 0.29) is 0 Å². The highest BCUT2D eigenvalue weighted by Crippen LogP contribution is 2.06. The lowest BCUT2D eigenvalue weighted by Crippen LogP contribution is -1.76. The van der Waals surface area contributed by atoms with Crippen LogP contribution in [0.1, 0.15) is 40.5 Å². The topological polar surface area (TPSA) is 34.1 Å². The molecule has 0 aliphatic heterocycles. The lowest BCUT2D eigenvalue weighted by atomic mass is 10.1. The summed E-state index contributed by atoms with van der Waals surface area (Å²) in [6, 6.07) is 0. The van der Waals surface area contributed by atoms with E-state index in [1.54, 1.807) is 26.0 Å². The molecular formula is C22H28O2. The molecule has 0 spiro atoms. The fourth-order valence-corrected chi connectivity index (χ4v) is 1.67. The van der Waals surface area contributed by atoms with Crippen molar-refractivity contribution in [2.24, 2.45) is 0 Å². The first-order valence-electron chi connectivity index (χ1n) is 8.24.